The van der Waals surface area contributed by atoms with Gasteiger partial charge in [-0.1, -0.05) is 170 Å². The first-order valence-electron chi connectivity index (χ1n) is 20.6. The third-order valence-corrected chi connectivity index (χ3v) is 11.0. The minimum atomic E-state index is 0.131. The van der Waals surface area contributed by atoms with Crippen LogP contribution < -0.4 is 19.6 Å². The van der Waals surface area contributed by atoms with E-state index in [1.807, 2.05) is 72.8 Å². The van der Waals surface area contributed by atoms with Crippen LogP contribution >= 0.6 is 23.2 Å². The standard InChI is InChI=1S/C50H44Cl2N10/c51-45-53-47-57-48(54-45)60(30-38-17-7-2-8-18-38)35-43-25-14-26-44(28-43)36-62(32-40-21-11-4-12-22-40)50-56-46(52)55-49(58-50)61(31-39-19-9-3-10-20-39)34-42-24-13-23-41(27-42)33-59(47)29-37-15-5-1-6-16-37/h1-28H,29-36H2. The molecule has 0 fully saturated rings. The number of benzene rings is 6. The number of nitrogens with zero attached hydrogens (tertiary/aromatic N) is 10. The molecule has 0 unspecified atom stereocenters. The van der Waals surface area contributed by atoms with E-state index in [0.29, 0.717) is 76.2 Å². The second-order valence-corrected chi connectivity index (χ2v) is 16.1. The molecule has 0 atom stereocenters. The van der Waals surface area contributed by atoms with E-state index in [4.69, 9.17) is 53.1 Å². The lowest BCUT2D eigenvalue weighted by atomic mass is 10.1. The summed E-state index contributed by atoms with van der Waals surface area (Å²) in [5, 5.41) is 0.261. The molecule has 1 aliphatic heterocycles. The first-order chi connectivity index (χ1) is 30.5. The molecule has 8 aromatic rings. The van der Waals surface area contributed by atoms with E-state index >= 15 is 0 Å². The van der Waals surface area contributed by atoms with E-state index in [9.17, 15) is 0 Å². The van der Waals surface area contributed by atoms with Crippen LogP contribution in [0.15, 0.2) is 170 Å². The molecule has 0 radical (unpaired) electrons. The average Bonchev–Trinajstić information content (AvgIpc) is 3.29. The van der Waals surface area contributed by atoms with Gasteiger partial charge in [-0.15, -0.1) is 0 Å². The molecule has 10 nitrogen and oxygen atoms in total. The van der Waals surface area contributed by atoms with Crippen LogP contribution in [0, 0.1) is 0 Å². The highest BCUT2D eigenvalue weighted by Crippen LogP contribution is 2.28. The van der Waals surface area contributed by atoms with Crippen molar-refractivity contribution in [3.8, 4) is 0 Å². The molecule has 1 aliphatic rings. The third kappa shape index (κ3) is 10.5. The number of rotatable bonds is 8. The highest BCUT2D eigenvalue weighted by Gasteiger charge is 2.22. The van der Waals surface area contributed by atoms with Gasteiger partial charge in [0.2, 0.25) is 34.4 Å². The van der Waals surface area contributed by atoms with Gasteiger partial charge < -0.3 is 19.6 Å². The Labute approximate surface area is 372 Å². The fourth-order valence-electron chi connectivity index (χ4n) is 7.76. The molecule has 0 aliphatic carbocycles. The Bertz CT molecular complexity index is 2350. The lowest BCUT2D eigenvalue weighted by molar-refractivity contribution is 0.715. The Morgan fingerprint density at radius 1 is 0.306 bits per heavy atom. The average molecular weight is 856 g/mol. The van der Waals surface area contributed by atoms with Crippen molar-refractivity contribution in [2.75, 3.05) is 19.6 Å². The molecule has 308 valence electrons. The van der Waals surface area contributed by atoms with Gasteiger partial charge in [-0.25, -0.2) is 0 Å². The van der Waals surface area contributed by atoms with Gasteiger partial charge in [-0.05, 0) is 67.7 Å². The zero-order valence-electron chi connectivity index (χ0n) is 34.1. The summed E-state index contributed by atoms with van der Waals surface area (Å²) in [7, 11) is 0. The van der Waals surface area contributed by atoms with Gasteiger partial charge in [0.15, 0.2) is 0 Å². The van der Waals surface area contributed by atoms with E-state index < -0.39 is 0 Å². The van der Waals surface area contributed by atoms with Gasteiger partial charge in [0, 0.05) is 52.4 Å². The molecule has 0 saturated carbocycles. The molecular formula is C50H44Cl2N10. The molecule has 62 heavy (non-hydrogen) atoms. The lowest BCUT2D eigenvalue weighted by Crippen LogP contribution is -2.29. The quantitative estimate of drug-likeness (QED) is 0.147. The topological polar surface area (TPSA) is 90.3 Å². The minimum absolute atomic E-state index is 0.131. The van der Waals surface area contributed by atoms with Crippen LogP contribution in [0.25, 0.3) is 0 Å². The molecule has 9 rings (SSSR count). The summed E-state index contributed by atoms with van der Waals surface area (Å²) >= 11 is 13.7. The predicted molar refractivity (Wildman–Crippen MR) is 248 cm³/mol. The Kier molecular flexibility index (Phi) is 12.6. The molecule has 0 saturated heterocycles. The van der Waals surface area contributed by atoms with E-state index in [1.54, 1.807) is 0 Å². The second kappa shape index (κ2) is 19.2. The zero-order valence-corrected chi connectivity index (χ0v) is 35.6. The highest BCUT2D eigenvalue weighted by atomic mass is 35.5. The number of anilines is 4. The van der Waals surface area contributed by atoms with Crippen LogP contribution in [-0.4, -0.2) is 29.9 Å². The van der Waals surface area contributed by atoms with Crippen molar-refractivity contribution >= 4 is 47.0 Å². The highest BCUT2D eigenvalue weighted by molar-refractivity contribution is 6.28. The third-order valence-electron chi connectivity index (χ3n) is 10.6. The summed E-state index contributed by atoms with van der Waals surface area (Å²) in [6.07, 6.45) is 0. The Balaban J connectivity index is 1.19. The van der Waals surface area contributed by atoms with Crippen LogP contribution in [0.3, 0.4) is 0 Å². The summed E-state index contributed by atoms with van der Waals surface area (Å²) in [5.74, 6) is 1.96. The maximum atomic E-state index is 6.86. The van der Waals surface area contributed by atoms with Crippen molar-refractivity contribution in [2.45, 2.75) is 52.4 Å². The van der Waals surface area contributed by atoms with Crippen LogP contribution in [0.4, 0.5) is 23.8 Å². The van der Waals surface area contributed by atoms with E-state index in [2.05, 4.69) is 117 Å². The Morgan fingerprint density at radius 2 is 0.548 bits per heavy atom. The van der Waals surface area contributed by atoms with E-state index in [0.717, 1.165) is 44.5 Å². The van der Waals surface area contributed by atoms with Crippen LogP contribution in [0.2, 0.25) is 10.6 Å². The number of aromatic nitrogens is 6. The lowest BCUT2D eigenvalue weighted by Gasteiger charge is -2.28. The fourth-order valence-corrected chi connectivity index (χ4v) is 8.07. The Hall–Kier alpha value is -6.88. The molecule has 2 aromatic heterocycles. The van der Waals surface area contributed by atoms with Gasteiger partial charge in [-0.2, -0.15) is 29.9 Å². The van der Waals surface area contributed by atoms with Gasteiger partial charge in [-0.3, -0.25) is 0 Å². The van der Waals surface area contributed by atoms with Crippen molar-refractivity contribution in [3.63, 3.8) is 0 Å². The molecule has 3 heterocycles. The number of halogens is 2. The number of hydrogen-bond donors (Lipinski definition) is 0. The van der Waals surface area contributed by atoms with Crippen LogP contribution in [-0.2, 0) is 52.4 Å². The van der Waals surface area contributed by atoms with E-state index in [1.165, 1.54) is 0 Å². The largest absolute Gasteiger partial charge is 0.332 e. The van der Waals surface area contributed by atoms with Crippen molar-refractivity contribution in [2.24, 2.45) is 0 Å². The smallest absolute Gasteiger partial charge is 0.232 e. The van der Waals surface area contributed by atoms with Crippen molar-refractivity contribution in [3.05, 3.63) is 225 Å². The minimum Gasteiger partial charge on any atom is -0.332 e. The van der Waals surface area contributed by atoms with Crippen molar-refractivity contribution in [1.82, 2.24) is 29.9 Å². The zero-order chi connectivity index (χ0) is 42.1. The van der Waals surface area contributed by atoms with Gasteiger partial charge >= 0.3 is 0 Å². The van der Waals surface area contributed by atoms with Gasteiger partial charge in [0.25, 0.3) is 0 Å². The molecule has 0 amide bonds. The number of hydrogen-bond acceptors (Lipinski definition) is 10. The first-order valence-corrected chi connectivity index (χ1v) is 21.4. The van der Waals surface area contributed by atoms with Crippen LogP contribution in [0.5, 0.6) is 0 Å². The van der Waals surface area contributed by atoms with E-state index in [-0.39, 0.29) is 10.6 Å². The first kappa shape index (κ1) is 40.5. The Morgan fingerprint density at radius 3 is 0.790 bits per heavy atom. The van der Waals surface area contributed by atoms with Crippen molar-refractivity contribution < 1.29 is 0 Å². The normalized spacial score (nSPS) is 13.2. The maximum absolute atomic E-state index is 6.86. The van der Waals surface area contributed by atoms with Crippen molar-refractivity contribution in [1.29, 1.82) is 0 Å². The molecule has 8 bridgehead atoms. The molecule has 6 aromatic carbocycles. The predicted octanol–water partition coefficient (Wildman–Crippen LogP) is 10.5. The van der Waals surface area contributed by atoms with Crippen LogP contribution in [0.1, 0.15) is 44.5 Å². The summed E-state index contributed by atoms with van der Waals surface area (Å²) in [6, 6.07) is 58.5. The molecular weight excluding hydrogens is 812 g/mol. The van der Waals surface area contributed by atoms with Gasteiger partial charge in [0.1, 0.15) is 0 Å². The summed E-state index contributed by atoms with van der Waals surface area (Å²) in [5.41, 5.74) is 8.77. The SMILES string of the molecule is Clc1nc2nc(n1)N(Cc1ccccc1)Cc1cccc(c1)CN(Cc1ccccc1)c1nc(Cl)nc(n1)N(Cc1ccccc1)Cc1cccc(c1)CN2Cc1ccccc1. The summed E-state index contributed by atoms with van der Waals surface area (Å²) in [6.45, 7) is 4.26. The fraction of sp³-hybridized carbons (Fsp3) is 0.160. The maximum Gasteiger partial charge on any atom is 0.232 e. The summed E-state index contributed by atoms with van der Waals surface area (Å²) < 4.78 is 0. The molecule has 0 N–H and O–H groups in total. The monoisotopic (exact) mass is 854 g/mol. The van der Waals surface area contributed by atoms with Gasteiger partial charge in [0.05, 0.1) is 0 Å². The molecule has 12 heteroatoms. The number of fused-ring (bicyclic) bond motifs is 8. The summed E-state index contributed by atoms with van der Waals surface area (Å²) in [4.78, 5) is 38.1. The molecule has 0 spiro atoms. The second-order valence-electron chi connectivity index (χ2n) is 15.4.